The number of methoxy groups -OCH3 is 2. The van der Waals surface area contributed by atoms with Crippen LogP contribution in [0.2, 0.25) is 0 Å². The lowest BCUT2D eigenvalue weighted by atomic mass is 10.3. The summed E-state index contributed by atoms with van der Waals surface area (Å²) in [5, 5.41) is 0. The Morgan fingerprint density at radius 2 is 2.09 bits per heavy atom. The van der Waals surface area contributed by atoms with Gasteiger partial charge in [0.25, 0.3) is 0 Å². The molecule has 23 heavy (non-hydrogen) atoms. The smallest absolute Gasteiger partial charge is 0.353 e. The largest absolute Gasteiger partial charge is 0.479 e. The molecule has 2 aromatic rings. The minimum Gasteiger partial charge on any atom is -0.479 e. The van der Waals surface area contributed by atoms with Gasteiger partial charge >= 0.3 is 7.60 Å². The zero-order valence-corrected chi connectivity index (χ0v) is 14.0. The Morgan fingerprint density at radius 1 is 1.30 bits per heavy atom. The standard InChI is InChI=1S/C12H19N4O6P/c1-19-5-9(22-8-23(17,18)21-3)4-16-7-15-10-11(16)13-6-14-12(10)20-2/h6-7,9H,4-5,8H2,1-3H3,(H,17,18)/t9-/m0/s1. The lowest BCUT2D eigenvalue weighted by molar-refractivity contribution is 0.00336. The third-order valence-corrected chi connectivity index (χ3v) is 4.12. The second-order valence-corrected chi connectivity index (χ2v) is 6.54. The topological polar surface area (TPSA) is 118 Å². The van der Waals surface area contributed by atoms with Crippen molar-refractivity contribution in [2.45, 2.75) is 12.6 Å². The van der Waals surface area contributed by atoms with Gasteiger partial charge in [-0.1, -0.05) is 0 Å². The molecule has 2 atom stereocenters. The van der Waals surface area contributed by atoms with Crippen LogP contribution in [0.25, 0.3) is 11.2 Å². The molecule has 0 amide bonds. The van der Waals surface area contributed by atoms with Crippen LogP contribution in [0.3, 0.4) is 0 Å². The van der Waals surface area contributed by atoms with Crippen molar-refractivity contribution in [2.75, 3.05) is 34.3 Å². The Labute approximate surface area is 132 Å². The molecule has 0 saturated heterocycles. The normalized spacial score (nSPS) is 15.5. The Bertz CT molecular complexity index is 693. The molecule has 0 saturated carbocycles. The Balaban J connectivity index is 2.15. The summed E-state index contributed by atoms with van der Waals surface area (Å²) in [6.45, 7) is 0.555. The fourth-order valence-electron chi connectivity index (χ4n) is 1.95. The van der Waals surface area contributed by atoms with Gasteiger partial charge in [0.1, 0.15) is 12.7 Å². The second-order valence-electron chi connectivity index (χ2n) is 4.65. The SMILES string of the molecule is COC[C@H](Cn1cnc2c(OC)ncnc21)OCP(=O)(O)OC. The van der Waals surface area contributed by atoms with Crippen molar-refractivity contribution < 1.29 is 28.2 Å². The maximum absolute atomic E-state index is 11.5. The molecule has 0 spiro atoms. The molecule has 1 N–H and O–H groups in total. The minimum absolute atomic E-state index is 0.228. The highest BCUT2D eigenvalue weighted by molar-refractivity contribution is 7.52. The number of aromatic nitrogens is 4. The summed E-state index contributed by atoms with van der Waals surface area (Å²) in [5.41, 5.74) is 1.09. The lowest BCUT2D eigenvalue weighted by Gasteiger charge is -2.19. The van der Waals surface area contributed by atoms with Crippen LogP contribution in [-0.4, -0.2) is 64.8 Å². The molecule has 2 aromatic heterocycles. The van der Waals surface area contributed by atoms with Gasteiger partial charge in [0, 0.05) is 14.2 Å². The quantitative estimate of drug-likeness (QED) is 0.653. The number of rotatable bonds is 9. The van der Waals surface area contributed by atoms with Crippen LogP contribution in [0.1, 0.15) is 0 Å². The number of hydrogen-bond acceptors (Lipinski definition) is 8. The number of imidazole rings is 1. The maximum atomic E-state index is 11.5. The first kappa shape index (κ1) is 17.8. The molecular weight excluding hydrogens is 327 g/mol. The fourth-order valence-corrected chi connectivity index (χ4v) is 2.46. The van der Waals surface area contributed by atoms with E-state index in [1.807, 2.05) is 0 Å². The summed E-state index contributed by atoms with van der Waals surface area (Å²) in [4.78, 5) is 21.8. The minimum atomic E-state index is -3.75. The van der Waals surface area contributed by atoms with Crippen molar-refractivity contribution in [1.82, 2.24) is 19.5 Å². The van der Waals surface area contributed by atoms with Crippen LogP contribution in [-0.2, 0) is 25.1 Å². The van der Waals surface area contributed by atoms with Crippen LogP contribution in [0.4, 0.5) is 0 Å². The first-order valence-electron chi connectivity index (χ1n) is 6.68. The second kappa shape index (κ2) is 7.80. The van der Waals surface area contributed by atoms with E-state index < -0.39 is 20.0 Å². The average molecular weight is 346 g/mol. The van der Waals surface area contributed by atoms with Gasteiger partial charge in [-0.15, -0.1) is 0 Å². The predicted molar refractivity (Wildman–Crippen MR) is 80.3 cm³/mol. The molecule has 2 rings (SSSR count). The van der Waals surface area contributed by atoms with E-state index in [-0.39, 0.29) is 6.61 Å². The van der Waals surface area contributed by atoms with Crippen LogP contribution < -0.4 is 4.74 Å². The highest BCUT2D eigenvalue weighted by Crippen LogP contribution is 2.40. The van der Waals surface area contributed by atoms with E-state index in [2.05, 4.69) is 19.5 Å². The van der Waals surface area contributed by atoms with Crippen LogP contribution in [0.5, 0.6) is 5.88 Å². The highest BCUT2D eigenvalue weighted by Gasteiger charge is 2.22. The third kappa shape index (κ3) is 4.46. The summed E-state index contributed by atoms with van der Waals surface area (Å²) >= 11 is 0. The summed E-state index contributed by atoms with van der Waals surface area (Å²) in [7, 11) is 0.422. The van der Waals surface area contributed by atoms with Crippen molar-refractivity contribution in [1.29, 1.82) is 0 Å². The van der Waals surface area contributed by atoms with Crippen molar-refractivity contribution >= 4 is 18.8 Å². The van der Waals surface area contributed by atoms with Gasteiger partial charge in [0.15, 0.2) is 11.2 Å². The van der Waals surface area contributed by atoms with Crippen LogP contribution in [0.15, 0.2) is 12.7 Å². The number of fused-ring (bicyclic) bond motifs is 1. The van der Waals surface area contributed by atoms with Crippen molar-refractivity contribution in [3.63, 3.8) is 0 Å². The molecular formula is C12H19N4O6P. The molecule has 0 aliphatic heterocycles. The van der Waals surface area contributed by atoms with E-state index in [1.54, 1.807) is 10.9 Å². The van der Waals surface area contributed by atoms with E-state index >= 15 is 0 Å². The van der Waals surface area contributed by atoms with Crippen molar-refractivity contribution in [2.24, 2.45) is 0 Å². The predicted octanol–water partition coefficient (Wildman–Crippen LogP) is 0.656. The summed E-state index contributed by atoms with van der Waals surface area (Å²) in [6.07, 6.45) is 2.04. The fraction of sp³-hybridized carbons (Fsp3) is 0.583. The monoisotopic (exact) mass is 346 g/mol. The maximum Gasteiger partial charge on any atom is 0.353 e. The van der Waals surface area contributed by atoms with E-state index in [9.17, 15) is 9.46 Å². The number of nitrogens with zero attached hydrogens (tertiary/aromatic N) is 4. The first-order chi connectivity index (χ1) is 11.0. The highest BCUT2D eigenvalue weighted by atomic mass is 31.2. The number of hydrogen-bond donors (Lipinski definition) is 1. The Kier molecular flexibility index (Phi) is 6.03. The van der Waals surface area contributed by atoms with Gasteiger partial charge in [0.2, 0.25) is 5.88 Å². The average Bonchev–Trinajstić information content (AvgIpc) is 2.96. The van der Waals surface area contributed by atoms with Gasteiger partial charge in [-0.2, -0.15) is 4.98 Å². The van der Waals surface area contributed by atoms with Gasteiger partial charge < -0.3 is 28.2 Å². The molecule has 2 heterocycles. The van der Waals surface area contributed by atoms with Gasteiger partial charge in [0.05, 0.1) is 32.7 Å². The lowest BCUT2D eigenvalue weighted by Crippen LogP contribution is -2.25. The van der Waals surface area contributed by atoms with E-state index in [1.165, 1.54) is 20.5 Å². The molecule has 0 bridgehead atoms. The third-order valence-electron chi connectivity index (χ3n) is 3.07. The zero-order valence-electron chi connectivity index (χ0n) is 13.1. The number of ether oxygens (including phenoxy) is 3. The molecule has 1 unspecified atom stereocenters. The molecule has 0 aromatic carbocycles. The van der Waals surface area contributed by atoms with E-state index in [0.717, 1.165) is 7.11 Å². The Hall–Kier alpha value is -1.58. The zero-order chi connectivity index (χ0) is 16.9. The summed E-state index contributed by atoms with van der Waals surface area (Å²) in [6, 6.07) is 0. The van der Waals surface area contributed by atoms with Crippen LogP contribution >= 0.6 is 7.60 Å². The molecule has 0 aliphatic rings. The molecule has 0 fully saturated rings. The summed E-state index contributed by atoms with van der Waals surface area (Å²) < 4.78 is 33.4. The van der Waals surface area contributed by atoms with Gasteiger partial charge in [-0.3, -0.25) is 4.57 Å². The molecule has 10 nitrogen and oxygen atoms in total. The van der Waals surface area contributed by atoms with E-state index in [0.29, 0.717) is 23.6 Å². The molecule has 0 radical (unpaired) electrons. The Morgan fingerprint density at radius 3 is 2.74 bits per heavy atom. The van der Waals surface area contributed by atoms with Crippen molar-refractivity contribution in [3.05, 3.63) is 12.7 Å². The molecule has 11 heteroatoms. The van der Waals surface area contributed by atoms with Gasteiger partial charge in [-0.25, -0.2) is 9.97 Å². The van der Waals surface area contributed by atoms with Crippen LogP contribution in [0, 0.1) is 0 Å². The molecule has 128 valence electrons. The van der Waals surface area contributed by atoms with E-state index in [4.69, 9.17) is 14.2 Å². The van der Waals surface area contributed by atoms with Crippen molar-refractivity contribution in [3.8, 4) is 5.88 Å². The van der Waals surface area contributed by atoms with Gasteiger partial charge in [-0.05, 0) is 0 Å². The summed E-state index contributed by atoms with van der Waals surface area (Å²) in [5.74, 6) is 0.372. The molecule has 0 aliphatic carbocycles. The first-order valence-corrected chi connectivity index (χ1v) is 8.45.